The molecule has 0 aliphatic rings. The van der Waals surface area contributed by atoms with Crippen LogP contribution in [0.15, 0.2) is 53.4 Å². The molecule has 0 aliphatic heterocycles. The Morgan fingerprint density at radius 3 is 2.12 bits per heavy atom. The number of hydrogen-bond acceptors (Lipinski definition) is 5. The summed E-state index contributed by atoms with van der Waals surface area (Å²) >= 11 is 0. The lowest BCUT2D eigenvalue weighted by atomic mass is 10.2. The van der Waals surface area contributed by atoms with Crippen molar-refractivity contribution in [3.8, 4) is 6.07 Å². The third kappa shape index (κ3) is 4.59. The first-order chi connectivity index (χ1) is 12.4. The van der Waals surface area contributed by atoms with Crippen molar-refractivity contribution in [2.24, 2.45) is 0 Å². The highest BCUT2D eigenvalue weighted by Crippen LogP contribution is 2.15. The van der Waals surface area contributed by atoms with Crippen LogP contribution in [0.3, 0.4) is 0 Å². The largest absolute Gasteiger partial charge is 0.372 e. The summed E-state index contributed by atoms with van der Waals surface area (Å²) in [7, 11) is -3.92. The zero-order chi connectivity index (χ0) is 19.2. The minimum Gasteiger partial charge on any atom is -0.372 e. The summed E-state index contributed by atoms with van der Waals surface area (Å²) < 4.78 is 24.3. The van der Waals surface area contributed by atoms with E-state index in [1.807, 2.05) is 32.0 Å². The maximum absolute atomic E-state index is 12.2. The number of nitriles is 1. The Hall–Kier alpha value is -2.89. The zero-order valence-electron chi connectivity index (χ0n) is 14.6. The highest BCUT2D eigenvalue weighted by molar-refractivity contribution is 7.89. The molecule has 0 bridgehead atoms. The number of amides is 1. The number of nitrogens with one attached hydrogen (secondary N) is 2. The van der Waals surface area contributed by atoms with Gasteiger partial charge < -0.3 is 4.90 Å². The number of anilines is 1. The van der Waals surface area contributed by atoms with Crippen LogP contribution in [0.5, 0.6) is 0 Å². The summed E-state index contributed by atoms with van der Waals surface area (Å²) in [6.07, 6.45) is 0. The van der Waals surface area contributed by atoms with E-state index in [4.69, 9.17) is 5.26 Å². The molecule has 2 rings (SSSR count). The SMILES string of the molecule is CCN(CC)c1ccc(C(=O)NNS(=O)(=O)c2ccc(C#N)cc2)cc1. The molecule has 2 aromatic rings. The van der Waals surface area contributed by atoms with Crippen molar-refractivity contribution in [2.75, 3.05) is 18.0 Å². The lowest BCUT2D eigenvalue weighted by Gasteiger charge is -2.21. The van der Waals surface area contributed by atoms with Crippen molar-refractivity contribution in [1.29, 1.82) is 5.26 Å². The first kappa shape index (κ1) is 19.4. The van der Waals surface area contributed by atoms with E-state index in [-0.39, 0.29) is 4.90 Å². The first-order valence-electron chi connectivity index (χ1n) is 8.08. The molecule has 0 saturated heterocycles. The number of hydrazine groups is 1. The number of sulfonamides is 1. The maximum Gasteiger partial charge on any atom is 0.266 e. The highest BCUT2D eigenvalue weighted by atomic mass is 32.2. The molecule has 0 spiro atoms. The van der Waals surface area contributed by atoms with E-state index in [0.717, 1.165) is 18.8 Å². The van der Waals surface area contributed by atoms with Crippen molar-refractivity contribution in [3.63, 3.8) is 0 Å². The average molecular weight is 372 g/mol. The molecular weight excluding hydrogens is 352 g/mol. The molecule has 7 nitrogen and oxygen atoms in total. The van der Waals surface area contributed by atoms with Crippen LogP contribution >= 0.6 is 0 Å². The summed E-state index contributed by atoms with van der Waals surface area (Å²) in [6.45, 7) is 5.79. The van der Waals surface area contributed by atoms with E-state index in [0.29, 0.717) is 11.1 Å². The van der Waals surface area contributed by atoms with Crippen LogP contribution in [0, 0.1) is 11.3 Å². The average Bonchev–Trinajstić information content (AvgIpc) is 2.67. The van der Waals surface area contributed by atoms with Gasteiger partial charge in [-0.15, -0.1) is 4.83 Å². The van der Waals surface area contributed by atoms with Crippen LogP contribution in [0.1, 0.15) is 29.8 Å². The van der Waals surface area contributed by atoms with Gasteiger partial charge in [0, 0.05) is 24.3 Å². The van der Waals surface area contributed by atoms with Gasteiger partial charge in [0.1, 0.15) is 0 Å². The summed E-state index contributed by atoms with van der Waals surface area (Å²) in [5, 5.41) is 8.74. The molecule has 0 aliphatic carbocycles. The molecule has 136 valence electrons. The Labute approximate surface area is 153 Å². The van der Waals surface area contributed by atoms with Crippen molar-refractivity contribution < 1.29 is 13.2 Å². The lowest BCUT2D eigenvalue weighted by Crippen LogP contribution is -2.41. The molecule has 2 aromatic carbocycles. The fourth-order valence-corrected chi connectivity index (χ4v) is 3.20. The molecule has 1 amide bonds. The van der Waals surface area contributed by atoms with Gasteiger partial charge in [0.05, 0.1) is 16.5 Å². The van der Waals surface area contributed by atoms with Crippen LogP contribution in [-0.2, 0) is 10.0 Å². The topological polar surface area (TPSA) is 102 Å². The van der Waals surface area contributed by atoms with Crippen LogP contribution in [-0.4, -0.2) is 27.4 Å². The van der Waals surface area contributed by atoms with E-state index in [1.54, 1.807) is 12.1 Å². The number of benzene rings is 2. The van der Waals surface area contributed by atoms with Gasteiger partial charge in [-0.2, -0.15) is 5.26 Å². The number of hydrogen-bond donors (Lipinski definition) is 2. The van der Waals surface area contributed by atoms with Crippen LogP contribution in [0.25, 0.3) is 0 Å². The van der Waals surface area contributed by atoms with Gasteiger partial charge in [-0.3, -0.25) is 10.2 Å². The molecule has 0 saturated carbocycles. The van der Waals surface area contributed by atoms with Gasteiger partial charge in [-0.1, -0.05) is 0 Å². The Morgan fingerprint density at radius 1 is 1.04 bits per heavy atom. The molecule has 0 unspecified atom stereocenters. The highest BCUT2D eigenvalue weighted by Gasteiger charge is 2.16. The maximum atomic E-state index is 12.2. The fraction of sp³-hybridized carbons (Fsp3) is 0.222. The summed E-state index contributed by atoms with van der Waals surface area (Å²) in [5.74, 6) is -0.562. The third-order valence-corrected chi connectivity index (χ3v) is 5.11. The second-order valence-electron chi connectivity index (χ2n) is 5.41. The van der Waals surface area contributed by atoms with Crippen LogP contribution in [0.2, 0.25) is 0 Å². The second kappa shape index (κ2) is 8.47. The van der Waals surface area contributed by atoms with E-state index in [9.17, 15) is 13.2 Å². The van der Waals surface area contributed by atoms with Gasteiger partial charge in [0.2, 0.25) is 0 Å². The monoisotopic (exact) mass is 372 g/mol. The number of carbonyl (C=O) groups is 1. The summed E-state index contributed by atoms with van der Waals surface area (Å²) in [5.41, 5.74) is 3.86. The quantitative estimate of drug-likeness (QED) is 0.724. The van der Waals surface area contributed by atoms with Crippen LogP contribution in [0.4, 0.5) is 5.69 Å². The van der Waals surface area contributed by atoms with E-state index >= 15 is 0 Å². The van der Waals surface area contributed by atoms with Crippen molar-refractivity contribution in [1.82, 2.24) is 10.3 Å². The lowest BCUT2D eigenvalue weighted by molar-refractivity contribution is 0.0945. The van der Waals surface area contributed by atoms with Gasteiger partial charge >= 0.3 is 0 Å². The summed E-state index contributed by atoms with van der Waals surface area (Å²) in [4.78, 5) is 16.3. The zero-order valence-corrected chi connectivity index (χ0v) is 15.4. The summed E-state index contributed by atoms with van der Waals surface area (Å²) in [6, 6.07) is 14.2. The molecule has 0 atom stereocenters. The Kier molecular flexibility index (Phi) is 6.33. The minimum atomic E-state index is -3.92. The van der Waals surface area contributed by atoms with Gasteiger partial charge in [-0.05, 0) is 62.4 Å². The van der Waals surface area contributed by atoms with Gasteiger partial charge in [0.25, 0.3) is 15.9 Å². The van der Waals surface area contributed by atoms with Gasteiger partial charge in [0.15, 0.2) is 0 Å². The smallest absolute Gasteiger partial charge is 0.266 e. The number of carbonyl (C=O) groups excluding carboxylic acids is 1. The molecule has 0 fully saturated rings. The Morgan fingerprint density at radius 2 is 1.62 bits per heavy atom. The first-order valence-corrected chi connectivity index (χ1v) is 9.57. The molecule has 26 heavy (non-hydrogen) atoms. The second-order valence-corrected chi connectivity index (χ2v) is 7.10. The molecule has 0 aromatic heterocycles. The molecule has 2 N–H and O–H groups in total. The molecular formula is C18H20N4O3S. The van der Waals surface area contributed by atoms with Crippen molar-refractivity contribution in [2.45, 2.75) is 18.7 Å². The predicted molar refractivity (Wildman–Crippen MR) is 98.9 cm³/mol. The molecule has 8 heteroatoms. The predicted octanol–water partition coefficient (Wildman–Crippen LogP) is 2.03. The fourth-order valence-electron chi connectivity index (χ4n) is 2.37. The van der Waals surface area contributed by atoms with Crippen molar-refractivity contribution in [3.05, 3.63) is 59.7 Å². The van der Waals surface area contributed by atoms with E-state index < -0.39 is 15.9 Å². The molecule has 0 heterocycles. The van der Waals surface area contributed by atoms with E-state index in [2.05, 4.69) is 15.2 Å². The number of rotatable bonds is 7. The Bertz CT molecular complexity index is 897. The van der Waals surface area contributed by atoms with Crippen LogP contribution < -0.4 is 15.2 Å². The minimum absolute atomic E-state index is 0.0475. The Balaban J connectivity index is 2.04. The van der Waals surface area contributed by atoms with Gasteiger partial charge in [-0.25, -0.2) is 8.42 Å². The van der Waals surface area contributed by atoms with E-state index in [1.165, 1.54) is 24.3 Å². The molecule has 0 radical (unpaired) electrons. The standard InChI is InChI=1S/C18H20N4O3S/c1-3-22(4-2)16-9-7-15(8-10-16)18(23)20-21-26(24,25)17-11-5-14(13-19)6-12-17/h5-12,21H,3-4H2,1-2H3,(H,20,23). The van der Waals surface area contributed by atoms with Crippen molar-refractivity contribution >= 4 is 21.6 Å². The third-order valence-electron chi connectivity index (χ3n) is 3.85. The number of nitrogens with zero attached hydrogens (tertiary/aromatic N) is 2. The normalized spacial score (nSPS) is 10.8.